The van der Waals surface area contributed by atoms with Gasteiger partial charge in [0.1, 0.15) is 5.82 Å². The average molecular weight is 328 g/mol. The number of benzene rings is 3. The Morgan fingerprint density at radius 2 is 1.44 bits per heavy atom. The molecule has 25 heavy (non-hydrogen) atoms. The van der Waals surface area contributed by atoms with Gasteiger partial charge in [-0.25, -0.2) is 4.39 Å². The van der Waals surface area contributed by atoms with Crippen molar-refractivity contribution in [3.8, 4) is 22.3 Å². The minimum atomic E-state index is -0.225. The third-order valence-corrected chi connectivity index (χ3v) is 5.59. The lowest BCUT2D eigenvalue weighted by molar-refractivity contribution is 0.616. The monoisotopic (exact) mass is 328 g/mol. The molecule has 0 N–H and O–H groups in total. The molecule has 0 heterocycles. The summed E-state index contributed by atoms with van der Waals surface area (Å²) >= 11 is 0. The van der Waals surface area contributed by atoms with Gasteiger partial charge in [-0.15, -0.1) is 0 Å². The number of hydrogen-bond donors (Lipinski definition) is 0. The van der Waals surface area contributed by atoms with Crippen molar-refractivity contribution in [2.24, 2.45) is 0 Å². The Hall–Kier alpha value is -2.67. The Morgan fingerprint density at radius 3 is 2.20 bits per heavy atom. The number of rotatable bonds is 2. The summed E-state index contributed by atoms with van der Waals surface area (Å²) in [4.78, 5) is 0. The van der Waals surface area contributed by atoms with Gasteiger partial charge in [-0.05, 0) is 51.3 Å². The maximum absolute atomic E-state index is 14.1. The lowest BCUT2D eigenvalue weighted by Gasteiger charge is -2.31. The van der Waals surface area contributed by atoms with Gasteiger partial charge in [-0.2, -0.15) is 0 Å². The standard InChI is InChI=1S/C24H21F/c1-4-17-9-10-19(14-24(17)25)18-11-12-22-21-8-6-5-7-20(21)15(2)16(3)23(22)13-18/h4-16H,1H2,2-3H3. The summed E-state index contributed by atoms with van der Waals surface area (Å²) in [6.07, 6.45) is 1.55. The predicted octanol–water partition coefficient (Wildman–Crippen LogP) is 7.02. The van der Waals surface area contributed by atoms with E-state index in [0.29, 0.717) is 17.4 Å². The van der Waals surface area contributed by atoms with E-state index in [1.54, 1.807) is 18.2 Å². The fourth-order valence-electron chi connectivity index (χ4n) is 3.91. The summed E-state index contributed by atoms with van der Waals surface area (Å²) in [6, 6.07) is 20.5. The number of halogens is 1. The molecule has 0 aliphatic heterocycles. The molecule has 0 saturated heterocycles. The summed E-state index contributed by atoms with van der Waals surface area (Å²) in [5.74, 6) is 0.679. The van der Waals surface area contributed by atoms with Crippen LogP contribution in [0.15, 0.2) is 67.2 Å². The Kier molecular flexibility index (Phi) is 3.80. The molecule has 0 aromatic heterocycles. The number of hydrogen-bond acceptors (Lipinski definition) is 0. The largest absolute Gasteiger partial charge is 0.206 e. The lowest BCUT2D eigenvalue weighted by atomic mass is 9.72. The molecular formula is C24H21F. The second-order valence-electron chi connectivity index (χ2n) is 6.91. The summed E-state index contributed by atoms with van der Waals surface area (Å²) in [5, 5.41) is 0. The molecule has 3 aromatic rings. The first kappa shape index (κ1) is 15.8. The Bertz CT molecular complexity index is 968. The summed E-state index contributed by atoms with van der Waals surface area (Å²) in [6.45, 7) is 8.22. The van der Waals surface area contributed by atoms with Crippen molar-refractivity contribution in [1.82, 2.24) is 0 Å². The molecule has 0 fully saturated rings. The minimum Gasteiger partial charge on any atom is -0.206 e. The molecular weight excluding hydrogens is 307 g/mol. The molecule has 1 aliphatic carbocycles. The highest BCUT2D eigenvalue weighted by atomic mass is 19.1. The molecule has 2 atom stereocenters. The van der Waals surface area contributed by atoms with Gasteiger partial charge in [0, 0.05) is 5.56 Å². The van der Waals surface area contributed by atoms with Crippen molar-refractivity contribution in [3.63, 3.8) is 0 Å². The summed E-state index contributed by atoms with van der Waals surface area (Å²) in [7, 11) is 0. The highest BCUT2D eigenvalue weighted by molar-refractivity contribution is 5.79. The topological polar surface area (TPSA) is 0 Å². The number of fused-ring (bicyclic) bond motifs is 3. The average Bonchev–Trinajstić information content (AvgIpc) is 2.65. The predicted molar refractivity (Wildman–Crippen MR) is 104 cm³/mol. The highest BCUT2D eigenvalue weighted by Gasteiger charge is 2.27. The first-order valence-electron chi connectivity index (χ1n) is 8.75. The van der Waals surface area contributed by atoms with Gasteiger partial charge in [0.15, 0.2) is 0 Å². The van der Waals surface area contributed by atoms with Crippen LogP contribution in [-0.2, 0) is 0 Å². The normalized spacial score (nSPS) is 18.4. The van der Waals surface area contributed by atoms with Crippen LogP contribution in [-0.4, -0.2) is 0 Å². The van der Waals surface area contributed by atoms with E-state index in [1.807, 2.05) is 6.07 Å². The molecule has 0 amide bonds. The zero-order valence-electron chi connectivity index (χ0n) is 14.6. The van der Waals surface area contributed by atoms with Crippen LogP contribution >= 0.6 is 0 Å². The van der Waals surface area contributed by atoms with E-state index in [1.165, 1.54) is 22.3 Å². The summed E-state index contributed by atoms with van der Waals surface area (Å²) < 4.78 is 14.1. The fraction of sp³-hybridized carbons (Fsp3) is 0.167. The lowest BCUT2D eigenvalue weighted by Crippen LogP contribution is -2.13. The van der Waals surface area contributed by atoms with E-state index >= 15 is 0 Å². The minimum absolute atomic E-state index is 0.225. The van der Waals surface area contributed by atoms with Crippen molar-refractivity contribution in [2.45, 2.75) is 25.7 Å². The zero-order chi connectivity index (χ0) is 17.6. The maximum Gasteiger partial charge on any atom is 0.131 e. The molecule has 0 saturated carbocycles. The van der Waals surface area contributed by atoms with Gasteiger partial charge in [-0.1, -0.05) is 81.1 Å². The first-order valence-corrected chi connectivity index (χ1v) is 8.75. The van der Waals surface area contributed by atoms with Crippen LogP contribution < -0.4 is 0 Å². The quantitative estimate of drug-likeness (QED) is 0.474. The smallest absolute Gasteiger partial charge is 0.131 e. The van der Waals surface area contributed by atoms with E-state index in [-0.39, 0.29) is 5.82 Å². The van der Waals surface area contributed by atoms with Crippen molar-refractivity contribution in [1.29, 1.82) is 0 Å². The van der Waals surface area contributed by atoms with E-state index in [0.717, 1.165) is 11.1 Å². The molecule has 124 valence electrons. The van der Waals surface area contributed by atoms with E-state index < -0.39 is 0 Å². The van der Waals surface area contributed by atoms with E-state index in [4.69, 9.17) is 0 Å². The van der Waals surface area contributed by atoms with Gasteiger partial charge in [0.25, 0.3) is 0 Å². The molecule has 4 rings (SSSR count). The van der Waals surface area contributed by atoms with Crippen molar-refractivity contribution >= 4 is 6.08 Å². The van der Waals surface area contributed by atoms with Gasteiger partial charge in [0.05, 0.1) is 0 Å². The van der Waals surface area contributed by atoms with Crippen molar-refractivity contribution in [2.75, 3.05) is 0 Å². The summed E-state index contributed by atoms with van der Waals surface area (Å²) in [5.41, 5.74) is 7.89. The molecule has 3 aromatic carbocycles. The van der Waals surface area contributed by atoms with Gasteiger partial charge in [-0.3, -0.25) is 0 Å². The molecule has 1 heteroatoms. The van der Waals surface area contributed by atoms with Crippen LogP contribution in [0.5, 0.6) is 0 Å². The van der Waals surface area contributed by atoms with Crippen LogP contribution in [0.1, 0.15) is 42.4 Å². The Morgan fingerprint density at radius 1 is 0.800 bits per heavy atom. The highest BCUT2D eigenvalue weighted by Crippen LogP contribution is 2.47. The third kappa shape index (κ3) is 2.51. The van der Waals surface area contributed by atoms with Gasteiger partial charge >= 0.3 is 0 Å². The Labute approximate surface area is 148 Å². The van der Waals surface area contributed by atoms with E-state index in [2.05, 4.69) is 62.9 Å². The zero-order valence-corrected chi connectivity index (χ0v) is 14.6. The molecule has 0 radical (unpaired) electrons. The Balaban J connectivity index is 1.86. The second-order valence-corrected chi connectivity index (χ2v) is 6.91. The van der Waals surface area contributed by atoms with Crippen LogP contribution in [0, 0.1) is 5.82 Å². The molecule has 1 aliphatic rings. The third-order valence-electron chi connectivity index (χ3n) is 5.59. The van der Waals surface area contributed by atoms with Crippen LogP contribution in [0.2, 0.25) is 0 Å². The first-order chi connectivity index (χ1) is 12.1. The maximum atomic E-state index is 14.1. The fourth-order valence-corrected chi connectivity index (χ4v) is 3.91. The van der Waals surface area contributed by atoms with Crippen LogP contribution in [0.3, 0.4) is 0 Å². The van der Waals surface area contributed by atoms with Crippen LogP contribution in [0.25, 0.3) is 28.3 Å². The van der Waals surface area contributed by atoms with Gasteiger partial charge < -0.3 is 0 Å². The molecule has 0 bridgehead atoms. The van der Waals surface area contributed by atoms with Crippen molar-refractivity contribution < 1.29 is 4.39 Å². The van der Waals surface area contributed by atoms with E-state index in [9.17, 15) is 4.39 Å². The van der Waals surface area contributed by atoms with Gasteiger partial charge in [0.2, 0.25) is 0 Å². The molecule has 0 spiro atoms. The van der Waals surface area contributed by atoms with Crippen LogP contribution in [0.4, 0.5) is 4.39 Å². The SMILES string of the molecule is C=Cc1ccc(-c2ccc3c(c2)C(C)C(C)c2ccccc2-3)cc1F. The molecule has 2 unspecified atom stereocenters. The molecule has 0 nitrogen and oxygen atoms in total. The second kappa shape index (κ2) is 6.00. The van der Waals surface area contributed by atoms with Crippen molar-refractivity contribution in [3.05, 3.63) is 89.8 Å².